The molecule has 0 bridgehead atoms. The molecule has 2 atom stereocenters. The molecule has 4 N–H and O–H groups in total. The molecule has 0 aliphatic rings. The fraction of sp³-hybridized carbons (Fsp3) is 0.333. The maximum Gasteiger partial charge on any atom is 0.401 e. The van der Waals surface area contributed by atoms with Gasteiger partial charge in [-0.05, 0) is 24.3 Å². The van der Waals surface area contributed by atoms with Crippen LogP contribution in [0.25, 0.3) is 0 Å². The number of aliphatic hydroxyl groups excluding tert-OH is 1. The lowest BCUT2D eigenvalue weighted by Gasteiger charge is -2.19. The van der Waals surface area contributed by atoms with Crippen LogP contribution in [0.3, 0.4) is 0 Å². The van der Waals surface area contributed by atoms with Gasteiger partial charge < -0.3 is 24.3 Å². The second-order valence-electron chi connectivity index (χ2n) is 3.63. The van der Waals surface area contributed by atoms with E-state index in [1.807, 2.05) is 0 Å². The van der Waals surface area contributed by atoms with Gasteiger partial charge in [0.15, 0.2) is 0 Å². The lowest BCUT2D eigenvalue weighted by molar-refractivity contribution is 0.322. The van der Waals surface area contributed by atoms with Crippen molar-refractivity contribution in [2.45, 2.75) is 9.63 Å². The fourth-order valence-electron chi connectivity index (χ4n) is 1.15. The van der Waals surface area contributed by atoms with Gasteiger partial charge in [0.1, 0.15) is 5.75 Å². The smallest absolute Gasteiger partial charge is 0.401 e. The predicted molar refractivity (Wildman–Crippen MR) is 79.5 cm³/mol. The van der Waals surface area contributed by atoms with E-state index in [0.29, 0.717) is 5.75 Å². The predicted octanol–water partition coefficient (Wildman–Crippen LogP) is 1.73. The van der Waals surface area contributed by atoms with Crippen molar-refractivity contribution >= 4 is 39.6 Å². The van der Waals surface area contributed by atoms with E-state index in [9.17, 15) is 14.0 Å². The summed E-state index contributed by atoms with van der Waals surface area (Å²) in [7, 11) is -9.45. The van der Waals surface area contributed by atoms with Crippen molar-refractivity contribution in [1.29, 1.82) is 0 Å². The summed E-state index contributed by atoms with van der Waals surface area (Å²) in [6.07, 6.45) is 0. The molecule has 0 radical (unpaired) electrons. The number of rotatable bonds is 7. The van der Waals surface area contributed by atoms with Gasteiger partial charge in [-0.15, -0.1) is 24.4 Å². The molecular weight excluding hydrogens is 346 g/mol. The zero-order valence-electron chi connectivity index (χ0n) is 10.1. The molecule has 20 heavy (non-hydrogen) atoms. The van der Waals surface area contributed by atoms with Crippen molar-refractivity contribution in [3.05, 3.63) is 24.3 Å². The quantitative estimate of drug-likeness (QED) is 0.283. The first kappa shape index (κ1) is 18.1. The number of benzene rings is 1. The maximum atomic E-state index is 11.7. The Balaban J connectivity index is 2.78. The number of hydrogen-bond donors (Lipinski definition) is 5. The van der Waals surface area contributed by atoms with Gasteiger partial charge in [-0.2, -0.15) is 0 Å². The van der Waals surface area contributed by atoms with Crippen molar-refractivity contribution in [3.8, 4) is 5.75 Å². The van der Waals surface area contributed by atoms with Crippen LogP contribution in [0.15, 0.2) is 29.2 Å². The fourth-order valence-corrected chi connectivity index (χ4v) is 4.13. The summed E-state index contributed by atoms with van der Waals surface area (Å²) in [4.78, 5) is 28.0. The van der Waals surface area contributed by atoms with Crippen LogP contribution < -0.4 is 4.52 Å². The molecule has 0 heterocycles. The second kappa shape index (κ2) is 7.33. The van der Waals surface area contributed by atoms with Gasteiger partial charge in [0.2, 0.25) is 4.73 Å². The van der Waals surface area contributed by atoms with E-state index >= 15 is 0 Å². The van der Waals surface area contributed by atoms with E-state index in [2.05, 4.69) is 12.6 Å². The van der Waals surface area contributed by atoms with Crippen LogP contribution in [0.1, 0.15) is 0 Å². The molecule has 1 aromatic rings. The molecular formula is C9H14O7P2S2. The molecule has 0 saturated heterocycles. The zero-order chi connectivity index (χ0) is 15.4. The number of thiol groups is 1. The van der Waals surface area contributed by atoms with E-state index in [1.165, 1.54) is 23.9 Å². The van der Waals surface area contributed by atoms with Crippen molar-refractivity contribution in [3.63, 3.8) is 0 Å². The van der Waals surface area contributed by atoms with Gasteiger partial charge in [0.05, 0.1) is 6.61 Å². The van der Waals surface area contributed by atoms with E-state index in [-0.39, 0.29) is 12.4 Å². The molecule has 11 heteroatoms. The first-order chi connectivity index (χ1) is 9.16. The van der Waals surface area contributed by atoms with Crippen molar-refractivity contribution in [2.75, 3.05) is 12.4 Å². The summed E-state index contributed by atoms with van der Waals surface area (Å²) >= 11 is 4.84. The third kappa shape index (κ3) is 5.42. The minimum absolute atomic E-state index is 0.00307. The monoisotopic (exact) mass is 360 g/mol. The highest BCUT2D eigenvalue weighted by Gasteiger charge is 2.44. The maximum absolute atomic E-state index is 11.7. The van der Waals surface area contributed by atoms with E-state index in [4.69, 9.17) is 19.4 Å². The molecule has 114 valence electrons. The minimum atomic E-state index is -4.85. The van der Waals surface area contributed by atoms with Crippen molar-refractivity contribution < 1.29 is 33.4 Å². The van der Waals surface area contributed by atoms with Gasteiger partial charge in [-0.3, -0.25) is 4.57 Å². The SMILES string of the molecule is O=P(O)(O)C(S)P(=O)(O)Oc1ccc(SCCO)cc1. The molecule has 7 nitrogen and oxygen atoms in total. The molecule has 0 spiro atoms. The largest absolute Gasteiger partial charge is 0.423 e. The summed E-state index contributed by atoms with van der Waals surface area (Å²) in [5.41, 5.74) is 0. The third-order valence-electron chi connectivity index (χ3n) is 2.01. The molecule has 2 unspecified atom stereocenters. The van der Waals surface area contributed by atoms with Gasteiger partial charge >= 0.3 is 15.2 Å². The average Bonchev–Trinajstić information content (AvgIpc) is 2.35. The number of thioether (sulfide) groups is 1. The molecule has 0 fully saturated rings. The van der Waals surface area contributed by atoms with E-state index in [0.717, 1.165) is 4.90 Å². The summed E-state index contributed by atoms with van der Waals surface area (Å²) in [5, 5.41) is 8.67. The lowest BCUT2D eigenvalue weighted by atomic mass is 10.3. The van der Waals surface area contributed by atoms with Gasteiger partial charge in [0, 0.05) is 10.6 Å². The lowest BCUT2D eigenvalue weighted by Crippen LogP contribution is -2.06. The molecule has 0 amide bonds. The van der Waals surface area contributed by atoms with Gasteiger partial charge in [-0.25, -0.2) is 4.57 Å². The Hall–Kier alpha value is 0.0200. The standard InChI is InChI=1S/C9H14O7P2S2/c10-5-6-20-8-3-1-7(2-4-8)16-18(14,15)9(19)17(11,12)13/h1-4,9-10,19H,5-6H2,(H,14,15)(H2,11,12,13). The van der Waals surface area contributed by atoms with Gasteiger partial charge in [0.25, 0.3) is 0 Å². The zero-order valence-corrected chi connectivity index (χ0v) is 13.6. The molecule has 0 aliphatic carbocycles. The van der Waals surface area contributed by atoms with Crippen LogP contribution >= 0.6 is 39.6 Å². The molecule has 0 saturated carbocycles. The Bertz CT molecular complexity index is 530. The van der Waals surface area contributed by atoms with Crippen LogP contribution in [0.4, 0.5) is 0 Å². The van der Waals surface area contributed by atoms with Crippen LogP contribution in [-0.2, 0) is 9.13 Å². The topological polar surface area (TPSA) is 124 Å². The summed E-state index contributed by atoms with van der Waals surface area (Å²) < 4.78 is 25.3. The molecule has 1 rings (SSSR count). The molecule has 1 aromatic carbocycles. The van der Waals surface area contributed by atoms with Crippen LogP contribution in [0.2, 0.25) is 0 Å². The highest BCUT2D eigenvalue weighted by molar-refractivity contribution is 8.00. The van der Waals surface area contributed by atoms with E-state index < -0.39 is 19.9 Å². The molecule has 0 aliphatic heterocycles. The van der Waals surface area contributed by atoms with Crippen molar-refractivity contribution in [2.24, 2.45) is 0 Å². The molecule has 0 aromatic heterocycles. The first-order valence-electron chi connectivity index (χ1n) is 5.26. The van der Waals surface area contributed by atoms with E-state index in [1.54, 1.807) is 12.1 Å². The van der Waals surface area contributed by atoms with Crippen LogP contribution in [0.5, 0.6) is 5.75 Å². The summed E-state index contributed by atoms with van der Waals surface area (Å²) in [6.45, 7) is 0.0262. The Morgan fingerprint density at radius 2 is 1.75 bits per heavy atom. The Morgan fingerprint density at radius 1 is 1.20 bits per heavy atom. The minimum Gasteiger partial charge on any atom is -0.423 e. The highest BCUT2D eigenvalue weighted by Crippen LogP contribution is 2.64. The normalized spacial score (nSPS) is 16.4. The Kier molecular flexibility index (Phi) is 6.63. The summed E-state index contributed by atoms with van der Waals surface area (Å²) in [5.74, 6) is 0.506. The average molecular weight is 360 g/mol. The Labute approximate surface area is 125 Å². The Morgan fingerprint density at radius 3 is 2.20 bits per heavy atom. The van der Waals surface area contributed by atoms with Crippen LogP contribution in [0, 0.1) is 0 Å². The van der Waals surface area contributed by atoms with Crippen LogP contribution in [-0.4, -0.2) is 36.9 Å². The first-order valence-corrected chi connectivity index (χ1v) is 10.1. The number of aliphatic hydroxyl groups is 1. The van der Waals surface area contributed by atoms with Gasteiger partial charge in [-0.1, -0.05) is 0 Å². The number of hydrogen-bond acceptors (Lipinski definition) is 6. The highest BCUT2D eigenvalue weighted by atomic mass is 32.2. The summed E-state index contributed by atoms with van der Waals surface area (Å²) in [6, 6.07) is 5.98. The third-order valence-corrected chi connectivity index (χ3v) is 8.22. The van der Waals surface area contributed by atoms with Crippen molar-refractivity contribution in [1.82, 2.24) is 0 Å². The second-order valence-corrected chi connectivity index (χ2v) is 10.1.